The normalized spacial score (nSPS) is 12.0. The van der Waals surface area contributed by atoms with Crippen molar-refractivity contribution in [1.29, 1.82) is 0 Å². The number of hydrogen-bond acceptors (Lipinski definition) is 8. The van der Waals surface area contributed by atoms with Crippen LogP contribution in [0.5, 0.6) is 5.75 Å². The molecule has 0 spiro atoms. The predicted molar refractivity (Wildman–Crippen MR) is 192 cm³/mol. The van der Waals surface area contributed by atoms with Crippen molar-refractivity contribution < 1.29 is 24.3 Å². The highest BCUT2D eigenvalue weighted by atomic mass is 32.1. The van der Waals surface area contributed by atoms with Crippen LogP contribution < -0.4 is 15.0 Å². The molecule has 0 amide bonds. The smallest absolute Gasteiger partial charge is 0.360 e. The summed E-state index contributed by atoms with van der Waals surface area (Å²) in [5, 5.41) is 16.1. The van der Waals surface area contributed by atoms with Crippen LogP contribution in [-0.4, -0.2) is 26.5 Å². The van der Waals surface area contributed by atoms with E-state index in [-0.39, 0.29) is 17.1 Å². The number of pyridine rings is 1. The fraction of sp³-hybridized carbons (Fsp3) is 0.100. The number of hydrogen-bond donors (Lipinski definition) is 1. The molecule has 6 aromatic rings. The lowest BCUT2D eigenvalue weighted by Gasteiger charge is -2.26. The van der Waals surface area contributed by atoms with Crippen LogP contribution in [0, 0.1) is 6.92 Å². The highest BCUT2D eigenvalue weighted by Crippen LogP contribution is 2.30. The number of ether oxygens (including phenoxy) is 1. The maximum Gasteiger partial charge on any atom is 0.360 e. The molecule has 0 aliphatic carbocycles. The average Bonchev–Trinajstić information content (AvgIpc) is 3.59. The number of carboxylic acid groups (broad SMARTS) is 1. The van der Waals surface area contributed by atoms with Crippen molar-refractivity contribution in [2.45, 2.75) is 25.2 Å². The lowest BCUT2D eigenvalue weighted by molar-refractivity contribution is -0.129. The van der Waals surface area contributed by atoms with Gasteiger partial charge >= 0.3 is 5.97 Å². The third kappa shape index (κ3) is 7.88. The van der Waals surface area contributed by atoms with Gasteiger partial charge < -0.3 is 19.5 Å². The number of oxime groups is 1. The number of rotatable bonds is 14. The highest BCUT2D eigenvalue weighted by molar-refractivity contribution is 7.09. The van der Waals surface area contributed by atoms with Crippen molar-refractivity contribution in [1.82, 2.24) is 9.71 Å². The van der Waals surface area contributed by atoms with Gasteiger partial charge in [0.25, 0.3) is 0 Å². The zero-order chi connectivity index (χ0) is 34.9. The molecule has 2 aromatic heterocycles. The van der Waals surface area contributed by atoms with Crippen molar-refractivity contribution in [3.63, 3.8) is 0 Å². The molecular weight excluding hydrogens is 651 g/mol. The molecule has 10 heteroatoms. The molecule has 9 nitrogen and oxygen atoms in total. The number of aromatic nitrogens is 2. The Balaban J connectivity index is 1.46. The van der Waals surface area contributed by atoms with Gasteiger partial charge in [0, 0.05) is 11.4 Å². The molecule has 0 fully saturated rings. The highest BCUT2D eigenvalue weighted by Gasteiger charge is 2.26. The first-order valence-electron chi connectivity index (χ1n) is 15.7. The standard InChI is InChI=1S/C40H33N3O6S/c1-3-35(48-42-37(40(45)46)32-26-50-27(2)41-32)33-24-34(44)36(47-38(28-16-8-4-9-17-28)29-18-10-5-11-19-29)25-43(33)49-39(30-20-12-6-13-21-30)31-22-14-7-15-23-31/h3-26,35,38-39H,1H2,2H3,(H,45,46)/b42-37-. The molecule has 0 radical (unpaired) electrons. The number of carboxylic acids is 1. The van der Waals surface area contributed by atoms with Gasteiger partial charge in [0.15, 0.2) is 18.0 Å². The van der Waals surface area contributed by atoms with Gasteiger partial charge in [-0.05, 0) is 35.3 Å². The number of aliphatic carboxylic acids is 1. The van der Waals surface area contributed by atoms with Crippen LogP contribution in [0.15, 0.2) is 162 Å². The van der Waals surface area contributed by atoms with E-state index < -0.39 is 35.4 Å². The Labute approximate surface area is 292 Å². The fourth-order valence-electron chi connectivity index (χ4n) is 5.29. The van der Waals surface area contributed by atoms with Crippen molar-refractivity contribution in [2.24, 2.45) is 5.16 Å². The molecule has 6 rings (SSSR count). The summed E-state index contributed by atoms with van der Waals surface area (Å²) in [6, 6.07) is 39.8. The first kappa shape index (κ1) is 33.6. The van der Waals surface area contributed by atoms with E-state index in [1.54, 1.807) is 12.3 Å². The molecule has 1 atom stereocenters. The number of nitrogens with zero attached hydrogens (tertiary/aromatic N) is 3. The Hall–Kier alpha value is -6.26. The van der Waals surface area contributed by atoms with E-state index in [1.807, 2.05) is 121 Å². The minimum Gasteiger partial charge on any atom is -0.476 e. The van der Waals surface area contributed by atoms with Gasteiger partial charge in [-0.2, -0.15) is 4.73 Å². The Bertz CT molecular complexity index is 2060. The summed E-state index contributed by atoms with van der Waals surface area (Å²) in [6.45, 7) is 5.66. The van der Waals surface area contributed by atoms with E-state index in [9.17, 15) is 14.7 Å². The van der Waals surface area contributed by atoms with Gasteiger partial charge in [-0.25, -0.2) is 9.78 Å². The second-order valence-corrected chi connectivity index (χ2v) is 12.2. The van der Waals surface area contributed by atoms with Gasteiger partial charge in [-0.3, -0.25) is 4.79 Å². The van der Waals surface area contributed by atoms with E-state index in [2.05, 4.69) is 16.7 Å². The molecule has 0 saturated carbocycles. The average molecular weight is 684 g/mol. The van der Waals surface area contributed by atoms with Gasteiger partial charge in [-0.15, -0.1) is 11.3 Å². The molecule has 4 aromatic carbocycles. The van der Waals surface area contributed by atoms with Crippen LogP contribution in [0.3, 0.4) is 0 Å². The zero-order valence-electron chi connectivity index (χ0n) is 27.0. The largest absolute Gasteiger partial charge is 0.476 e. The van der Waals surface area contributed by atoms with E-state index in [4.69, 9.17) is 14.4 Å². The third-order valence-corrected chi connectivity index (χ3v) is 8.48. The minimum atomic E-state index is -1.32. The summed E-state index contributed by atoms with van der Waals surface area (Å²) in [4.78, 5) is 42.8. The molecule has 0 saturated heterocycles. The van der Waals surface area contributed by atoms with Crippen LogP contribution in [0.25, 0.3) is 0 Å². The minimum absolute atomic E-state index is 0.0156. The van der Waals surface area contributed by atoms with Crippen LogP contribution in [0.4, 0.5) is 0 Å². The molecule has 0 bridgehead atoms. The summed E-state index contributed by atoms with van der Waals surface area (Å²) in [7, 11) is 0. The maximum atomic E-state index is 13.9. The predicted octanol–water partition coefficient (Wildman–Crippen LogP) is 7.73. The van der Waals surface area contributed by atoms with Crippen molar-refractivity contribution >= 4 is 23.0 Å². The summed E-state index contributed by atoms with van der Waals surface area (Å²) in [5.74, 6) is -1.31. The van der Waals surface area contributed by atoms with Crippen LogP contribution in [0.1, 0.15) is 57.0 Å². The van der Waals surface area contributed by atoms with E-state index in [0.717, 1.165) is 22.3 Å². The molecule has 50 heavy (non-hydrogen) atoms. The van der Waals surface area contributed by atoms with Crippen LogP contribution >= 0.6 is 11.3 Å². The van der Waals surface area contributed by atoms with Crippen LogP contribution in [0.2, 0.25) is 0 Å². The third-order valence-electron chi connectivity index (χ3n) is 7.71. The number of carbonyl (C=O) groups is 1. The lowest BCUT2D eigenvalue weighted by atomic mass is 10.0. The van der Waals surface area contributed by atoms with Gasteiger partial charge in [0.1, 0.15) is 17.5 Å². The number of thiazole rings is 1. The molecular formula is C40H33N3O6S. The van der Waals surface area contributed by atoms with Gasteiger partial charge in [-0.1, -0.05) is 133 Å². The Morgan fingerprint density at radius 2 is 1.34 bits per heavy atom. The van der Waals surface area contributed by atoms with Crippen molar-refractivity contribution in [3.8, 4) is 5.75 Å². The zero-order valence-corrected chi connectivity index (χ0v) is 27.9. The lowest BCUT2D eigenvalue weighted by Crippen LogP contribution is -2.27. The van der Waals surface area contributed by atoms with E-state index in [0.29, 0.717) is 5.01 Å². The number of aryl methyl sites for hydroxylation is 1. The summed E-state index contributed by atoms with van der Waals surface area (Å²) >= 11 is 1.29. The van der Waals surface area contributed by atoms with Crippen LogP contribution in [-0.2, 0) is 9.63 Å². The number of benzene rings is 4. The molecule has 250 valence electrons. The summed E-state index contributed by atoms with van der Waals surface area (Å²) in [6.07, 6.45) is 0.519. The molecule has 0 aliphatic heterocycles. The first-order chi connectivity index (χ1) is 24.4. The van der Waals surface area contributed by atoms with E-state index in [1.165, 1.54) is 34.4 Å². The van der Waals surface area contributed by atoms with Crippen molar-refractivity contribution in [2.75, 3.05) is 0 Å². The molecule has 2 heterocycles. The first-order valence-corrected chi connectivity index (χ1v) is 16.6. The second kappa shape index (κ2) is 15.8. The second-order valence-electron chi connectivity index (χ2n) is 11.1. The molecule has 1 unspecified atom stereocenters. The Kier molecular flexibility index (Phi) is 10.6. The SMILES string of the molecule is C=CC(O/N=C(\C(=O)O)c1csc(C)n1)c1cc(=O)c(OC(c2ccccc2)c2ccccc2)cn1OC(c1ccccc1)c1ccccc1. The molecule has 1 N–H and O–H groups in total. The maximum absolute atomic E-state index is 13.9. The van der Waals surface area contributed by atoms with E-state index >= 15 is 0 Å². The summed E-state index contributed by atoms with van der Waals surface area (Å²) in [5.41, 5.74) is 2.89. The summed E-state index contributed by atoms with van der Waals surface area (Å²) < 4.78 is 7.92. The fourth-order valence-corrected chi connectivity index (χ4v) is 5.89. The van der Waals surface area contributed by atoms with Gasteiger partial charge in [0.2, 0.25) is 11.1 Å². The molecule has 0 aliphatic rings. The monoisotopic (exact) mass is 683 g/mol. The van der Waals surface area contributed by atoms with Gasteiger partial charge in [0.05, 0.1) is 11.2 Å². The quantitative estimate of drug-likeness (QED) is 0.0711. The Morgan fingerprint density at radius 1 is 0.840 bits per heavy atom. The Morgan fingerprint density at radius 3 is 1.78 bits per heavy atom. The topological polar surface area (TPSA) is 112 Å². The van der Waals surface area contributed by atoms with Crippen molar-refractivity contribution in [3.05, 3.63) is 200 Å².